The van der Waals surface area contributed by atoms with E-state index in [0.717, 1.165) is 0 Å². The van der Waals surface area contributed by atoms with Crippen molar-refractivity contribution in [3.05, 3.63) is 23.3 Å². The lowest BCUT2D eigenvalue weighted by atomic mass is 9.97. The quantitative estimate of drug-likeness (QED) is 0.807. The van der Waals surface area contributed by atoms with Gasteiger partial charge in [0.2, 0.25) is 0 Å². The summed E-state index contributed by atoms with van der Waals surface area (Å²) in [7, 11) is 2.63. The molecule has 0 amide bonds. The standard InChI is InChI=1S/C12H14N2O4.ClH/c1-17-9-4-3-7(6-13)11(12(9)16)8(14)5-10(15)18-2;/h3-4,8,16H,5,14H2,1-2H3;1H/t8-;/m0./s1. The van der Waals surface area contributed by atoms with Crippen molar-refractivity contribution in [1.82, 2.24) is 0 Å². The molecule has 3 N–H and O–H groups in total. The average molecular weight is 287 g/mol. The molecule has 7 heteroatoms. The molecule has 0 heterocycles. The van der Waals surface area contributed by atoms with Crippen LogP contribution in [0.1, 0.15) is 23.6 Å². The van der Waals surface area contributed by atoms with Gasteiger partial charge in [0.1, 0.15) is 0 Å². The Labute approximate surface area is 117 Å². The number of carbonyl (C=O) groups excluding carboxylic acids is 1. The third-order valence-corrected chi connectivity index (χ3v) is 2.51. The summed E-state index contributed by atoms with van der Waals surface area (Å²) in [5.41, 5.74) is 6.19. The molecule has 0 spiro atoms. The number of nitrogens with two attached hydrogens (primary N) is 1. The Morgan fingerprint density at radius 3 is 2.63 bits per heavy atom. The summed E-state index contributed by atoms with van der Waals surface area (Å²) in [6, 6.07) is 4.02. The van der Waals surface area contributed by atoms with Crippen LogP contribution in [0.3, 0.4) is 0 Å². The number of hydrogen-bond donors (Lipinski definition) is 2. The number of phenolic OH excluding ortho intramolecular Hbond substituents is 1. The highest BCUT2D eigenvalue weighted by Crippen LogP contribution is 2.36. The van der Waals surface area contributed by atoms with E-state index in [9.17, 15) is 9.90 Å². The van der Waals surface area contributed by atoms with E-state index in [-0.39, 0.29) is 41.5 Å². The second-order valence-corrected chi connectivity index (χ2v) is 3.58. The van der Waals surface area contributed by atoms with E-state index in [4.69, 9.17) is 15.7 Å². The minimum Gasteiger partial charge on any atom is -0.504 e. The fourth-order valence-corrected chi connectivity index (χ4v) is 1.59. The number of esters is 1. The minimum absolute atomic E-state index is 0. The number of rotatable bonds is 4. The van der Waals surface area contributed by atoms with Crippen LogP contribution < -0.4 is 10.5 Å². The van der Waals surface area contributed by atoms with Gasteiger partial charge in [0.25, 0.3) is 0 Å². The summed E-state index contributed by atoms with van der Waals surface area (Å²) < 4.78 is 9.43. The van der Waals surface area contributed by atoms with Crippen molar-refractivity contribution in [1.29, 1.82) is 5.26 Å². The Kier molecular flexibility index (Phi) is 6.69. The SMILES string of the molecule is COC(=O)C[C@H](N)c1c(C#N)ccc(OC)c1O.Cl. The van der Waals surface area contributed by atoms with E-state index in [0.29, 0.717) is 0 Å². The molecular weight excluding hydrogens is 272 g/mol. The van der Waals surface area contributed by atoms with Crippen molar-refractivity contribution >= 4 is 18.4 Å². The molecule has 0 aromatic heterocycles. The highest BCUT2D eigenvalue weighted by Gasteiger charge is 2.21. The average Bonchev–Trinajstić information content (AvgIpc) is 2.37. The molecule has 0 fully saturated rings. The molecule has 1 rings (SSSR count). The molecule has 19 heavy (non-hydrogen) atoms. The molecule has 0 aliphatic carbocycles. The van der Waals surface area contributed by atoms with Gasteiger partial charge >= 0.3 is 5.97 Å². The molecule has 0 saturated carbocycles. The molecule has 1 aromatic carbocycles. The van der Waals surface area contributed by atoms with Crippen molar-refractivity contribution in [2.75, 3.05) is 14.2 Å². The summed E-state index contributed by atoms with van der Waals surface area (Å²) in [5, 5.41) is 18.9. The van der Waals surface area contributed by atoms with Gasteiger partial charge in [0, 0.05) is 11.6 Å². The first-order valence-electron chi connectivity index (χ1n) is 5.17. The van der Waals surface area contributed by atoms with Gasteiger partial charge in [-0.15, -0.1) is 12.4 Å². The van der Waals surface area contributed by atoms with Crippen LogP contribution in [0, 0.1) is 11.3 Å². The first-order chi connectivity index (χ1) is 8.54. The molecule has 1 aromatic rings. The smallest absolute Gasteiger partial charge is 0.307 e. The number of ether oxygens (including phenoxy) is 2. The Bertz CT molecular complexity index is 499. The van der Waals surface area contributed by atoms with Crippen molar-refractivity contribution in [2.45, 2.75) is 12.5 Å². The number of nitriles is 1. The Hall–Kier alpha value is -1.97. The van der Waals surface area contributed by atoms with Crippen molar-refractivity contribution in [3.8, 4) is 17.6 Å². The van der Waals surface area contributed by atoms with Crippen LogP contribution >= 0.6 is 12.4 Å². The van der Waals surface area contributed by atoms with Crippen LogP contribution in [0.2, 0.25) is 0 Å². The normalized spacial score (nSPS) is 10.8. The Balaban J connectivity index is 0.00000324. The van der Waals surface area contributed by atoms with E-state index >= 15 is 0 Å². The monoisotopic (exact) mass is 286 g/mol. The van der Waals surface area contributed by atoms with E-state index in [1.54, 1.807) is 0 Å². The zero-order valence-electron chi connectivity index (χ0n) is 10.5. The van der Waals surface area contributed by atoms with E-state index in [1.165, 1.54) is 26.4 Å². The molecule has 0 bridgehead atoms. The lowest BCUT2D eigenvalue weighted by molar-refractivity contribution is -0.141. The number of phenols is 1. The van der Waals surface area contributed by atoms with Crippen LogP contribution in [0.4, 0.5) is 0 Å². The third-order valence-electron chi connectivity index (χ3n) is 2.51. The maximum Gasteiger partial charge on any atom is 0.307 e. The molecule has 1 atom stereocenters. The lowest BCUT2D eigenvalue weighted by Crippen LogP contribution is -2.17. The maximum absolute atomic E-state index is 11.2. The van der Waals surface area contributed by atoms with E-state index in [1.807, 2.05) is 6.07 Å². The molecule has 0 radical (unpaired) electrons. The Morgan fingerprint density at radius 2 is 2.16 bits per heavy atom. The van der Waals surface area contributed by atoms with Crippen LogP contribution in [0.25, 0.3) is 0 Å². The molecule has 0 unspecified atom stereocenters. The van der Waals surface area contributed by atoms with Crippen molar-refractivity contribution in [3.63, 3.8) is 0 Å². The first kappa shape index (κ1) is 17.0. The van der Waals surface area contributed by atoms with Gasteiger partial charge in [-0.25, -0.2) is 0 Å². The number of aromatic hydroxyl groups is 1. The molecular formula is C12H15ClN2O4. The summed E-state index contributed by atoms with van der Waals surface area (Å²) in [5.74, 6) is -0.550. The highest BCUT2D eigenvalue weighted by atomic mass is 35.5. The van der Waals surface area contributed by atoms with Crippen LogP contribution in [0.15, 0.2) is 12.1 Å². The number of methoxy groups -OCH3 is 2. The summed E-state index contributed by atoms with van der Waals surface area (Å²) in [4.78, 5) is 11.2. The number of nitrogens with zero attached hydrogens (tertiary/aromatic N) is 1. The number of benzene rings is 1. The molecule has 104 valence electrons. The van der Waals surface area contributed by atoms with Crippen LogP contribution in [-0.2, 0) is 9.53 Å². The fraction of sp³-hybridized carbons (Fsp3) is 0.333. The van der Waals surface area contributed by atoms with E-state index in [2.05, 4.69) is 4.74 Å². The first-order valence-corrected chi connectivity index (χ1v) is 5.17. The van der Waals surface area contributed by atoms with Gasteiger partial charge in [0.05, 0.1) is 32.3 Å². The zero-order valence-corrected chi connectivity index (χ0v) is 11.4. The molecule has 0 saturated heterocycles. The second-order valence-electron chi connectivity index (χ2n) is 3.58. The van der Waals surface area contributed by atoms with Gasteiger partial charge in [-0.3, -0.25) is 4.79 Å². The second kappa shape index (κ2) is 7.46. The zero-order chi connectivity index (χ0) is 13.7. The highest BCUT2D eigenvalue weighted by molar-refractivity contribution is 5.85. The number of hydrogen-bond acceptors (Lipinski definition) is 6. The van der Waals surface area contributed by atoms with Gasteiger partial charge in [-0.2, -0.15) is 5.26 Å². The predicted molar refractivity (Wildman–Crippen MR) is 70.2 cm³/mol. The van der Waals surface area contributed by atoms with Gasteiger partial charge in [0.15, 0.2) is 11.5 Å². The minimum atomic E-state index is -0.831. The summed E-state index contributed by atoms with van der Waals surface area (Å²) in [6.45, 7) is 0. The fourth-order valence-electron chi connectivity index (χ4n) is 1.59. The third kappa shape index (κ3) is 3.74. The number of halogens is 1. The lowest BCUT2D eigenvalue weighted by Gasteiger charge is -2.16. The van der Waals surface area contributed by atoms with Crippen LogP contribution in [-0.4, -0.2) is 25.3 Å². The van der Waals surface area contributed by atoms with E-state index < -0.39 is 12.0 Å². The topological polar surface area (TPSA) is 106 Å². The summed E-state index contributed by atoms with van der Waals surface area (Å²) >= 11 is 0. The summed E-state index contributed by atoms with van der Waals surface area (Å²) in [6.07, 6.45) is -0.133. The van der Waals surface area contributed by atoms with Gasteiger partial charge in [-0.1, -0.05) is 0 Å². The molecule has 0 aliphatic rings. The van der Waals surface area contributed by atoms with Crippen molar-refractivity contribution in [2.24, 2.45) is 5.73 Å². The van der Waals surface area contributed by atoms with Crippen LogP contribution in [0.5, 0.6) is 11.5 Å². The molecule has 0 aliphatic heterocycles. The molecule has 6 nitrogen and oxygen atoms in total. The number of carbonyl (C=O) groups is 1. The van der Waals surface area contributed by atoms with Crippen molar-refractivity contribution < 1.29 is 19.4 Å². The maximum atomic E-state index is 11.2. The van der Waals surface area contributed by atoms with Gasteiger partial charge < -0.3 is 20.3 Å². The largest absolute Gasteiger partial charge is 0.504 e. The Morgan fingerprint density at radius 1 is 1.53 bits per heavy atom. The predicted octanol–water partition coefficient (Wildman–Crippen LogP) is 1.26. The van der Waals surface area contributed by atoms with Gasteiger partial charge in [-0.05, 0) is 12.1 Å².